The fraction of sp³-hybridized carbons (Fsp3) is 0.333. The number of para-hydroxylation sites is 2. The van der Waals surface area contributed by atoms with E-state index in [0.29, 0.717) is 0 Å². The van der Waals surface area contributed by atoms with Gasteiger partial charge in [0, 0.05) is 24.5 Å². The Morgan fingerprint density at radius 3 is 1.91 bits per heavy atom. The Bertz CT molecular complexity index is 476. The van der Waals surface area contributed by atoms with Crippen LogP contribution in [0, 0.1) is 0 Å². The lowest BCUT2D eigenvalue weighted by Crippen LogP contribution is -2.39. The smallest absolute Gasteiger partial charge is 0.253 e. The molecule has 0 saturated heterocycles. The highest BCUT2D eigenvalue weighted by Crippen LogP contribution is 2.25. The Labute approximate surface area is 135 Å². The summed E-state index contributed by atoms with van der Waals surface area (Å²) in [6, 6.07) is 22.2. The van der Waals surface area contributed by atoms with E-state index in [1.807, 2.05) is 0 Å². The van der Waals surface area contributed by atoms with Gasteiger partial charge in [-0.15, -0.1) is 0 Å². The highest BCUT2D eigenvalue weighted by molar-refractivity contribution is 6.49. The van der Waals surface area contributed by atoms with Gasteiger partial charge < -0.3 is 14.3 Å². The Morgan fingerprint density at radius 2 is 1.45 bits per heavy atom. The lowest BCUT2D eigenvalue weighted by atomic mass is 10.2. The van der Waals surface area contributed by atoms with Crippen molar-refractivity contribution < 1.29 is 4.43 Å². The topological polar surface area (TPSA) is 24.5 Å². The van der Waals surface area contributed by atoms with Gasteiger partial charge in [-0.25, -0.2) is 0 Å². The molecule has 1 N–H and O–H groups in total. The molecule has 0 aromatic heterocycles. The molecule has 0 aliphatic carbocycles. The first-order chi connectivity index (χ1) is 10.8. The van der Waals surface area contributed by atoms with Crippen LogP contribution in [0.4, 0.5) is 11.4 Å². The fourth-order valence-corrected chi connectivity index (χ4v) is 4.38. The quantitative estimate of drug-likeness (QED) is 0.714. The molecule has 0 bridgehead atoms. The van der Waals surface area contributed by atoms with Gasteiger partial charge in [0.25, 0.3) is 9.20 Å². The van der Waals surface area contributed by atoms with Crippen LogP contribution in [-0.4, -0.2) is 28.9 Å². The molecule has 1 unspecified atom stereocenters. The highest BCUT2D eigenvalue weighted by atomic mass is 28.3. The maximum Gasteiger partial charge on any atom is 0.253 e. The van der Waals surface area contributed by atoms with Crippen molar-refractivity contribution in [1.29, 1.82) is 0 Å². The van der Waals surface area contributed by atoms with Gasteiger partial charge in [-0.05, 0) is 43.8 Å². The normalized spacial score (nSPS) is 12.1. The predicted molar refractivity (Wildman–Crippen MR) is 97.1 cm³/mol. The van der Waals surface area contributed by atoms with Crippen LogP contribution in [0.5, 0.6) is 0 Å². The second-order valence-corrected chi connectivity index (χ2v) is 7.41. The summed E-state index contributed by atoms with van der Waals surface area (Å²) in [6.45, 7) is 6.96. The summed E-state index contributed by atoms with van der Waals surface area (Å²) in [5, 5.41) is 0. The number of nitrogens with one attached hydrogen (secondary N) is 1. The van der Waals surface area contributed by atoms with Gasteiger partial charge in [0.1, 0.15) is 0 Å². The molecule has 22 heavy (non-hydrogen) atoms. The molecule has 2 aromatic carbocycles. The Morgan fingerprint density at radius 1 is 0.909 bits per heavy atom. The summed E-state index contributed by atoms with van der Waals surface area (Å²) in [5.41, 5.74) is 2.46. The van der Waals surface area contributed by atoms with Crippen molar-refractivity contribution in [3.63, 3.8) is 0 Å². The summed E-state index contributed by atoms with van der Waals surface area (Å²) in [7, 11) is -1.33. The highest BCUT2D eigenvalue weighted by Gasteiger charge is 2.15. The third-order valence-electron chi connectivity index (χ3n) is 3.55. The molecule has 0 spiro atoms. The number of anilines is 2. The van der Waals surface area contributed by atoms with Crippen molar-refractivity contribution in [3.8, 4) is 0 Å². The number of hydrogen-bond donors (Lipinski definition) is 1. The van der Waals surface area contributed by atoms with E-state index in [-0.39, 0.29) is 0 Å². The van der Waals surface area contributed by atoms with E-state index in [9.17, 15) is 0 Å². The third-order valence-corrected chi connectivity index (χ3v) is 5.93. The summed E-state index contributed by atoms with van der Waals surface area (Å²) >= 11 is 0. The van der Waals surface area contributed by atoms with Crippen LogP contribution >= 0.6 is 0 Å². The third kappa shape index (κ3) is 4.98. The monoisotopic (exact) mass is 314 g/mol. The molecule has 2 rings (SSSR count). The molecule has 0 aliphatic heterocycles. The zero-order chi connectivity index (χ0) is 15.6. The van der Waals surface area contributed by atoms with Crippen molar-refractivity contribution >= 4 is 20.6 Å². The molecule has 3 nitrogen and oxygen atoms in total. The molecule has 118 valence electrons. The minimum atomic E-state index is -1.33. The summed E-state index contributed by atoms with van der Waals surface area (Å²) in [6.07, 6.45) is 0. The molecule has 0 saturated carbocycles. The van der Waals surface area contributed by atoms with Crippen LogP contribution in [0.1, 0.15) is 13.8 Å². The average molecular weight is 315 g/mol. The van der Waals surface area contributed by atoms with Crippen LogP contribution in [-0.2, 0) is 4.43 Å². The van der Waals surface area contributed by atoms with Gasteiger partial charge >= 0.3 is 0 Å². The first-order valence-electron chi connectivity index (χ1n) is 8.07. The maximum absolute atomic E-state index is 5.91. The van der Waals surface area contributed by atoms with E-state index in [0.717, 1.165) is 25.7 Å². The number of rotatable bonds is 9. The van der Waals surface area contributed by atoms with E-state index in [2.05, 4.69) is 84.4 Å². The molecule has 4 heteroatoms. The van der Waals surface area contributed by atoms with Crippen molar-refractivity contribution in [3.05, 3.63) is 60.7 Å². The van der Waals surface area contributed by atoms with Gasteiger partial charge in [0.15, 0.2) is 0 Å². The van der Waals surface area contributed by atoms with Crippen molar-refractivity contribution in [2.24, 2.45) is 0 Å². The van der Waals surface area contributed by atoms with Crippen LogP contribution in [0.3, 0.4) is 0 Å². The fourth-order valence-electron chi connectivity index (χ4n) is 2.54. The van der Waals surface area contributed by atoms with Gasteiger partial charge in [-0.1, -0.05) is 43.3 Å². The summed E-state index contributed by atoms with van der Waals surface area (Å²) in [4.78, 5) is 5.90. The van der Waals surface area contributed by atoms with E-state index in [4.69, 9.17) is 4.43 Å². The number of hydrogen-bond acceptors (Lipinski definition) is 3. The summed E-state index contributed by atoms with van der Waals surface area (Å²) < 4.78 is 5.91. The van der Waals surface area contributed by atoms with Crippen LogP contribution < -0.4 is 9.88 Å². The molecule has 0 fully saturated rings. The number of benzene rings is 2. The first-order valence-corrected chi connectivity index (χ1v) is 9.94. The lowest BCUT2D eigenvalue weighted by Gasteiger charge is -2.27. The van der Waals surface area contributed by atoms with Gasteiger partial charge in [0.05, 0.1) is 0 Å². The second kappa shape index (κ2) is 9.41. The van der Waals surface area contributed by atoms with Crippen LogP contribution in [0.25, 0.3) is 0 Å². The van der Waals surface area contributed by atoms with Gasteiger partial charge in [0.2, 0.25) is 0 Å². The SMILES string of the molecule is CCN[SiH](CCN(c1ccccc1)c1ccccc1)OCC. The largest absolute Gasteiger partial charge is 0.406 e. The van der Waals surface area contributed by atoms with E-state index in [1.165, 1.54) is 11.4 Å². The van der Waals surface area contributed by atoms with E-state index >= 15 is 0 Å². The lowest BCUT2D eigenvalue weighted by molar-refractivity contribution is 0.333. The maximum atomic E-state index is 5.91. The van der Waals surface area contributed by atoms with Crippen LogP contribution in [0.15, 0.2) is 60.7 Å². The minimum absolute atomic E-state index is 0.792. The first kappa shape index (κ1) is 16.7. The second-order valence-electron chi connectivity index (χ2n) is 5.11. The van der Waals surface area contributed by atoms with Crippen molar-refractivity contribution in [2.45, 2.75) is 19.9 Å². The van der Waals surface area contributed by atoms with Crippen molar-refractivity contribution in [1.82, 2.24) is 4.98 Å². The van der Waals surface area contributed by atoms with Crippen molar-refractivity contribution in [2.75, 3.05) is 24.6 Å². The molecule has 0 aliphatic rings. The molecule has 2 aromatic rings. The predicted octanol–water partition coefficient (Wildman–Crippen LogP) is 3.69. The van der Waals surface area contributed by atoms with E-state index in [1.54, 1.807) is 0 Å². The Kier molecular flexibility index (Phi) is 7.16. The summed E-state index contributed by atoms with van der Waals surface area (Å²) in [5.74, 6) is 0. The Balaban J connectivity index is 2.12. The molecular weight excluding hydrogens is 288 g/mol. The van der Waals surface area contributed by atoms with Gasteiger partial charge in [-0.3, -0.25) is 0 Å². The average Bonchev–Trinajstić information content (AvgIpc) is 2.57. The van der Waals surface area contributed by atoms with E-state index < -0.39 is 9.20 Å². The van der Waals surface area contributed by atoms with Gasteiger partial charge in [-0.2, -0.15) is 0 Å². The molecule has 0 amide bonds. The zero-order valence-electron chi connectivity index (χ0n) is 13.5. The number of nitrogens with zero attached hydrogens (tertiary/aromatic N) is 1. The molecular formula is C18H26N2OSi. The molecule has 0 heterocycles. The Hall–Kier alpha value is -1.62. The zero-order valence-corrected chi connectivity index (χ0v) is 14.7. The minimum Gasteiger partial charge on any atom is -0.406 e. The molecule has 1 atom stereocenters. The molecule has 0 radical (unpaired) electrons. The van der Waals surface area contributed by atoms with Crippen LogP contribution in [0.2, 0.25) is 6.04 Å². The standard InChI is InChI=1S/C18H26N2OSi/c1-3-19-22(21-4-2)16-15-20(17-11-7-5-8-12-17)18-13-9-6-10-14-18/h5-14,19,22H,3-4,15-16H2,1-2H3.